The van der Waals surface area contributed by atoms with Crippen molar-refractivity contribution < 1.29 is 4.74 Å². The van der Waals surface area contributed by atoms with Crippen LogP contribution in [0.5, 0.6) is 5.75 Å². The van der Waals surface area contributed by atoms with Gasteiger partial charge in [0.25, 0.3) is 0 Å². The maximum Gasteiger partial charge on any atom is 0.121 e. The third-order valence-corrected chi connectivity index (χ3v) is 3.20. The lowest BCUT2D eigenvalue weighted by Crippen LogP contribution is -1.99. The topological polar surface area (TPSA) is 35.2 Å². The Bertz CT molecular complexity index is 566. The van der Waals surface area contributed by atoms with E-state index < -0.39 is 0 Å². The molecular weight excluding hydrogens is 246 g/mol. The highest BCUT2D eigenvalue weighted by atomic mass is 35.5. The Hall–Kier alpha value is -1.67. The van der Waals surface area contributed by atoms with Crippen LogP contribution in [0.3, 0.4) is 0 Å². The molecule has 0 heterocycles. The highest BCUT2D eigenvalue weighted by Gasteiger charge is 2.02. The predicted octanol–water partition coefficient (Wildman–Crippen LogP) is 4.12. The van der Waals surface area contributed by atoms with Gasteiger partial charge in [-0.3, -0.25) is 0 Å². The van der Waals surface area contributed by atoms with Gasteiger partial charge in [0, 0.05) is 6.07 Å². The van der Waals surface area contributed by atoms with E-state index in [0.717, 1.165) is 5.75 Å². The van der Waals surface area contributed by atoms with Gasteiger partial charge in [-0.05, 0) is 37.1 Å². The molecule has 94 valence electrons. The standard InChI is InChI=1S/C15H16ClNO/c1-10-3-4-11(2)12(7-10)9-18-13-5-6-15(17)14(16)8-13/h3-8H,9,17H2,1-2H3. The quantitative estimate of drug-likeness (QED) is 0.844. The number of nitrogen functional groups attached to an aromatic ring is 1. The second-order valence-corrected chi connectivity index (χ2v) is 4.81. The SMILES string of the molecule is Cc1ccc(C)c(COc2ccc(N)c(Cl)c2)c1. The molecular formula is C15H16ClNO. The van der Waals surface area contributed by atoms with Crippen molar-refractivity contribution in [1.29, 1.82) is 0 Å². The summed E-state index contributed by atoms with van der Waals surface area (Å²) in [5.41, 5.74) is 9.86. The molecule has 2 N–H and O–H groups in total. The minimum atomic E-state index is 0.522. The fourth-order valence-electron chi connectivity index (χ4n) is 1.71. The Balaban J connectivity index is 2.11. The molecule has 0 aliphatic rings. The number of hydrogen-bond acceptors (Lipinski definition) is 2. The number of benzene rings is 2. The Kier molecular flexibility index (Phi) is 3.78. The van der Waals surface area contributed by atoms with E-state index in [1.807, 2.05) is 6.07 Å². The molecule has 0 radical (unpaired) electrons. The van der Waals surface area contributed by atoms with Gasteiger partial charge in [0.15, 0.2) is 0 Å². The second-order valence-electron chi connectivity index (χ2n) is 4.40. The maximum atomic E-state index is 5.95. The Morgan fingerprint density at radius 3 is 2.61 bits per heavy atom. The highest BCUT2D eigenvalue weighted by molar-refractivity contribution is 6.33. The van der Waals surface area contributed by atoms with Crippen molar-refractivity contribution in [3.63, 3.8) is 0 Å². The van der Waals surface area contributed by atoms with Crippen molar-refractivity contribution in [1.82, 2.24) is 0 Å². The van der Waals surface area contributed by atoms with Gasteiger partial charge in [0.05, 0.1) is 10.7 Å². The molecule has 0 aliphatic heterocycles. The zero-order valence-electron chi connectivity index (χ0n) is 10.5. The van der Waals surface area contributed by atoms with Gasteiger partial charge in [-0.1, -0.05) is 35.4 Å². The van der Waals surface area contributed by atoms with Gasteiger partial charge >= 0.3 is 0 Å². The molecule has 0 aromatic heterocycles. The summed E-state index contributed by atoms with van der Waals surface area (Å²) < 4.78 is 5.72. The average Bonchev–Trinajstić information content (AvgIpc) is 2.34. The van der Waals surface area contributed by atoms with Crippen LogP contribution >= 0.6 is 11.6 Å². The summed E-state index contributed by atoms with van der Waals surface area (Å²) in [4.78, 5) is 0. The molecule has 0 spiro atoms. The van der Waals surface area contributed by atoms with Gasteiger partial charge in [-0.25, -0.2) is 0 Å². The molecule has 0 aliphatic carbocycles. The van der Waals surface area contributed by atoms with Crippen molar-refractivity contribution >= 4 is 17.3 Å². The molecule has 3 heteroatoms. The lowest BCUT2D eigenvalue weighted by molar-refractivity contribution is 0.305. The minimum Gasteiger partial charge on any atom is -0.489 e. The molecule has 0 bridgehead atoms. The van der Waals surface area contributed by atoms with Crippen molar-refractivity contribution in [2.75, 3.05) is 5.73 Å². The molecule has 2 rings (SSSR count). The largest absolute Gasteiger partial charge is 0.489 e. The second kappa shape index (κ2) is 5.32. The summed E-state index contributed by atoms with van der Waals surface area (Å²) in [7, 11) is 0. The number of halogens is 1. The molecule has 2 nitrogen and oxygen atoms in total. The number of hydrogen-bond donors (Lipinski definition) is 1. The van der Waals surface area contributed by atoms with Crippen LogP contribution in [0.1, 0.15) is 16.7 Å². The van der Waals surface area contributed by atoms with Crippen LogP contribution in [0.25, 0.3) is 0 Å². The van der Waals surface area contributed by atoms with Crippen molar-refractivity contribution in [3.05, 3.63) is 58.1 Å². The highest BCUT2D eigenvalue weighted by Crippen LogP contribution is 2.25. The average molecular weight is 262 g/mol. The molecule has 0 saturated heterocycles. The van der Waals surface area contributed by atoms with E-state index in [1.54, 1.807) is 12.1 Å². The third-order valence-electron chi connectivity index (χ3n) is 2.87. The number of nitrogens with two attached hydrogens (primary N) is 1. The number of rotatable bonds is 3. The van der Waals surface area contributed by atoms with Crippen LogP contribution in [0.15, 0.2) is 36.4 Å². The fraction of sp³-hybridized carbons (Fsp3) is 0.200. The molecule has 2 aromatic rings. The van der Waals surface area contributed by atoms with Crippen LogP contribution in [-0.2, 0) is 6.61 Å². The molecule has 0 fully saturated rings. The van der Waals surface area contributed by atoms with Crippen LogP contribution < -0.4 is 10.5 Å². The van der Waals surface area contributed by atoms with Crippen LogP contribution in [-0.4, -0.2) is 0 Å². The smallest absolute Gasteiger partial charge is 0.121 e. The number of anilines is 1. The molecule has 0 amide bonds. The molecule has 0 saturated carbocycles. The van der Waals surface area contributed by atoms with Gasteiger partial charge < -0.3 is 10.5 Å². The summed E-state index contributed by atoms with van der Waals surface area (Å²) in [5, 5.41) is 0.522. The monoisotopic (exact) mass is 261 g/mol. The van der Waals surface area contributed by atoms with Crippen molar-refractivity contribution in [2.24, 2.45) is 0 Å². The number of ether oxygens (including phenoxy) is 1. The van der Waals surface area contributed by atoms with Crippen molar-refractivity contribution in [2.45, 2.75) is 20.5 Å². The van der Waals surface area contributed by atoms with Crippen LogP contribution in [0.2, 0.25) is 5.02 Å². The zero-order chi connectivity index (χ0) is 13.1. The predicted molar refractivity (Wildman–Crippen MR) is 76.1 cm³/mol. The van der Waals surface area contributed by atoms with E-state index in [9.17, 15) is 0 Å². The van der Waals surface area contributed by atoms with Gasteiger partial charge in [0.2, 0.25) is 0 Å². The van der Waals surface area contributed by atoms with Crippen LogP contribution in [0, 0.1) is 13.8 Å². The Morgan fingerprint density at radius 2 is 1.89 bits per heavy atom. The van der Waals surface area contributed by atoms with E-state index in [1.165, 1.54) is 16.7 Å². The van der Waals surface area contributed by atoms with E-state index in [2.05, 4.69) is 32.0 Å². The summed E-state index contributed by atoms with van der Waals surface area (Å²) in [6.45, 7) is 4.69. The first kappa shape index (κ1) is 12.8. The van der Waals surface area contributed by atoms with Crippen molar-refractivity contribution in [3.8, 4) is 5.75 Å². The lowest BCUT2D eigenvalue weighted by atomic mass is 10.1. The van der Waals surface area contributed by atoms with E-state index in [-0.39, 0.29) is 0 Å². The fourth-order valence-corrected chi connectivity index (χ4v) is 1.89. The molecule has 18 heavy (non-hydrogen) atoms. The zero-order valence-corrected chi connectivity index (χ0v) is 11.3. The van der Waals surface area contributed by atoms with Gasteiger partial charge in [0.1, 0.15) is 12.4 Å². The minimum absolute atomic E-state index is 0.522. The van der Waals surface area contributed by atoms with Gasteiger partial charge in [-0.2, -0.15) is 0 Å². The maximum absolute atomic E-state index is 5.95. The molecule has 0 atom stereocenters. The van der Waals surface area contributed by atoms with E-state index in [0.29, 0.717) is 17.3 Å². The summed E-state index contributed by atoms with van der Waals surface area (Å²) in [6.07, 6.45) is 0. The Labute approximate surface area is 112 Å². The molecule has 0 unspecified atom stereocenters. The number of aryl methyl sites for hydroxylation is 2. The normalized spacial score (nSPS) is 10.4. The van der Waals surface area contributed by atoms with E-state index >= 15 is 0 Å². The summed E-state index contributed by atoms with van der Waals surface area (Å²) in [5.74, 6) is 0.732. The third kappa shape index (κ3) is 2.96. The summed E-state index contributed by atoms with van der Waals surface area (Å²) in [6, 6.07) is 11.6. The lowest BCUT2D eigenvalue weighted by Gasteiger charge is -2.10. The first-order valence-corrected chi connectivity index (χ1v) is 6.18. The van der Waals surface area contributed by atoms with Crippen LogP contribution in [0.4, 0.5) is 5.69 Å². The molecule has 2 aromatic carbocycles. The summed E-state index contributed by atoms with van der Waals surface area (Å²) >= 11 is 5.95. The first-order chi connectivity index (χ1) is 8.56. The van der Waals surface area contributed by atoms with E-state index in [4.69, 9.17) is 22.1 Å². The van der Waals surface area contributed by atoms with Gasteiger partial charge in [-0.15, -0.1) is 0 Å². The Morgan fingerprint density at radius 1 is 1.11 bits per heavy atom. The first-order valence-electron chi connectivity index (χ1n) is 5.80.